The van der Waals surface area contributed by atoms with Crippen molar-refractivity contribution in [3.63, 3.8) is 0 Å². The molecule has 0 aliphatic carbocycles. The second kappa shape index (κ2) is 6.02. The Morgan fingerprint density at radius 1 is 0.960 bits per heavy atom. The molecule has 0 atom stereocenters. The van der Waals surface area contributed by atoms with Crippen LogP contribution in [0.3, 0.4) is 0 Å². The van der Waals surface area contributed by atoms with Crippen LogP contribution in [0, 0.1) is 6.92 Å². The first-order valence-electron chi connectivity index (χ1n) is 8.19. The molecule has 1 aliphatic rings. The third kappa shape index (κ3) is 2.74. The molecule has 5 heteroatoms. The van der Waals surface area contributed by atoms with Crippen LogP contribution in [0.25, 0.3) is 11.4 Å². The van der Waals surface area contributed by atoms with Crippen molar-refractivity contribution in [2.45, 2.75) is 13.3 Å². The summed E-state index contributed by atoms with van der Waals surface area (Å²) in [7, 11) is 0. The second-order valence-electron chi connectivity index (χ2n) is 6.18. The second-order valence-corrected chi connectivity index (χ2v) is 6.18. The van der Waals surface area contributed by atoms with Gasteiger partial charge in [-0.15, -0.1) is 0 Å². The summed E-state index contributed by atoms with van der Waals surface area (Å²) in [5.41, 5.74) is 4.07. The zero-order chi connectivity index (χ0) is 17.4. The molecule has 0 saturated heterocycles. The van der Waals surface area contributed by atoms with Crippen molar-refractivity contribution >= 4 is 11.8 Å². The normalized spacial score (nSPS) is 13.4. The fourth-order valence-electron chi connectivity index (χ4n) is 3.02. The van der Waals surface area contributed by atoms with Crippen LogP contribution in [0.15, 0.2) is 54.7 Å². The Bertz CT molecular complexity index is 922. The van der Waals surface area contributed by atoms with Crippen molar-refractivity contribution in [1.82, 2.24) is 14.9 Å². The fraction of sp³-hybridized carbons (Fsp3) is 0.150. The summed E-state index contributed by atoms with van der Waals surface area (Å²) >= 11 is 0. The molecule has 2 amide bonds. The number of imide groups is 1. The van der Waals surface area contributed by atoms with E-state index in [2.05, 4.69) is 9.97 Å². The molecule has 2 heterocycles. The van der Waals surface area contributed by atoms with Crippen LogP contribution in [0.2, 0.25) is 0 Å². The molecule has 3 aromatic rings. The first-order valence-corrected chi connectivity index (χ1v) is 8.19. The molecule has 25 heavy (non-hydrogen) atoms. The number of hydrogen-bond donors (Lipinski definition) is 1. The zero-order valence-corrected chi connectivity index (χ0v) is 13.8. The third-order valence-corrected chi connectivity index (χ3v) is 4.44. The molecule has 0 saturated carbocycles. The molecule has 124 valence electrons. The molecule has 1 aromatic heterocycles. The molecule has 0 spiro atoms. The minimum absolute atomic E-state index is 0.223. The number of nitrogens with one attached hydrogen (secondary N) is 1. The van der Waals surface area contributed by atoms with Crippen LogP contribution in [0.5, 0.6) is 0 Å². The lowest BCUT2D eigenvalue weighted by Gasteiger charge is -2.12. The number of amides is 2. The van der Waals surface area contributed by atoms with Gasteiger partial charge in [-0.05, 0) is 19.1 Å². The highest BCUT2D eigenvalue weighted by molar-refractivity contribution is 6.21. The summed E-state index contributed by atoms with van der Waals surface area (Å²) in [4.78, 5) is 33.7. The van der Waals surface area contributed by atoms with E-state index in [-0.39, 0.29) is 11.8 Å². The average Bonchev–Trinajstić information content (AvgIpc) is 3.19. The van der Waals surface area contributed by atoms with Gasteiger partial charge in [0.2, 0.25) is 0 Å². The number of aryl methyl sites for hydroxylation is 1. The van der Waals surface area contributed by atoms with Gasteiger partial charge in [0, 0.05) is 30.4 Å². The topological polar surface area (TPSA) is 66.1 Å². The lowest BCUT2D eigenvalue weighted by Crippen LogP contribution is -2.31. The van der Waals surface area contributed by atoms with E-state index in [4.69, 9.17) is 0 Å². The average molecular weight is 331 g/mol. The lowest BCUT2D eigenvalue weighted by atomic mass is 10.1. The van der Waals surface area contributed by atoms with Gasteiger partial charge in [0.05, 0.1) is 11.1 Å². The number of rotatable bonds is 4. The molecule has 5 nitrogen and oxygen atoms in total. The van der Waals surface area contributed by atoms with Gasteiger partial charge in [-0.3, -0.25) is 14.5 Å². The minimum Gasteiger partial charge on any atom is -0.342 e. The molecule has 0 unspecified atom stereocenters. The number of hydrogen-bond acceptors (Lipinski definition) is 3. The van der Waals surface area contributed by atoms with E-state index in [1.54, 1.807) is 30.5 Å². The van der Waals surface area contributed by atoms with Crippen LogP contribution < -0.4 is 0 Å². The Morgan fingerprint density at radius 2 is 1.60 bits per heavy atom. The monoisotopic (exact) mass is 331 g/mol. The molecule has 1 aliphatic heterocycles. The summed E-state index contributed by atoms with van der Waals surface area (Å²) in [6, 6.07) is 15.0. The van der Waals surface area contributed by atoms with Crippen LogP contribution in [0.4, 0.5) is 0 Å². The molecular weight excluding hydrogens is 314 g/mol. The number of H-pyrrole nitrogens is 1. The number of aromatic nitrogens is 2. The van der Waals surface area contributed by atoms with Gasteiger partial charge >= 0.3 is 0 Å². The van der Waals surface area contributed by atoms with Crippen molar-refractivity contribution in [2.24, 2.45) is 0 Å². The maximum atomic E-state index is 12.4. The van der Waals surface area contributed by atoms with Gasteiger partial charge < -0.3 is 4.98 Å². The van der Waals surface area contributed by atoms with Crippen molar-refractivity contribution in [1.29, 1.82) is 0 Å². The maximum absolute atomic E-state index is 12.4. The Balaban J connectivity index is 1.47. The van der Waals surface area contributed by atoms with Crippen molar-refractivity contribution in [3.05, 3.63) is 77.1 Å². The highest BCUT2D eigenvalue weighted by Crippen LogP contribution is 2.23. The van der Waals surface area contributed by atoms with E-state index in [1.165, 1.54) is 10.5 Å². The molecule has 0 fully saturated rings. The van der Waals surface area contributed by atoms with Crippen molar-refractivity contribution < 1.29 is 9.59 Å². The van der Waals surface area contributed by atoms with Crippen molar-refractivity contribution in [2.75, 3.05) is 6.54 Å². The summed E-state index contributed by atoms with van der Waals surface area (Å²) in [6.07, 6.45) is 2.30. The van der Waals surface area contributed by atoms with E-state index in [9.17, 15) is 9.59 Å². The smallest absolute Gasteiger partial charge is 0.261 e. The van der Waals surface area contributed by atoms with E-state index >= 15 is 0 Å². The number of imidazole rings is 1. The van der Waals surface area contributed by atoms with Crippen LogP contribution in [-0.2, 0) is 6.42 Å². The van der Waals surface area contributed by atoms with Crippen LogP contribution in [-0.4, -0.2) is 33.2 Å². The van der Waals surface area contributed by atoms with E-state index < -0.39 is 0 Å². The predicted molar refractivity (Wildman–Crippen MR) is 94.3 cm³/mol. The van der Waals surface area contributed by atoms with Crippen LogP contribution in [0.1, 0.15) is 32.0 Å². The number of nitrogens with zero attached hydrogens (tertiary/aromatic N) is 2. The van der Waals surface area contributed by atoms with Crippen molar-refractivity contribution in [3.8, 4) is 11.4 Å². The lowest BCUT2D eigenvalue weighted by molar-refractivity contribution is 0.0656. The molecule has 2 aromatic carbocycles. The standard InChI is InChI=1S/C20H17N3O2/c1-13-6-8-14(9-7-13)18-21-12-15(22-18)10-11-23-19(24)16-4-2-3-5-17(16)20(23)25/h2-9,12H,10-11H2,1H3,(H,21,22). The predicted octanol–water partition coefficient (Wildman–Crippen LogP) is 3.22. The highest BCUT2D eigenvalue weighted by Gasteiger charge is 2.34. The molecule has 1 N–H and O–H groups in total. The number of aromatic amines is 1. The zero-order valence-electron chi connectivity index (χ0n) is 13.8. The minimum atomic E-state index is -0.223. The summed E-state index contributed by atoms with van der Waals surface area (Å²) in [6.45, 7) is 2.38. The summed E-state index contributed by atoms with van der Waals surface area (Å²) in [5.74, 6) is 0.343. The number of carbonyl (C=O) groups excluding carboxylic acids is 2. The largest absolute Gasteiger partial charge is 0.342 e. The van der Waals surface area contributed by atoms with E-state index in [1.807, 2.05) is 31.2 Å². The molecule has 0 radical (unpaired) electrons. The van der Waals surface area contributed by atoms with Gasteiger partial charge in [-0.25, -0.2) is 4.98 Å². The number of fused-ring (bicyclic) bond motifs is 1. The van der Waals surface area contributed by atoms with E-state index in [0.717, 1.165) is 17.1 Å². The molecule has 4 rings (SSSR count). The summed E-state index contributed by atoms with van der Waals surface area (Å²) in [5, 5.41) is 0. The van der Waals surface area contributed by atoms with Gasteiger partial charge in [0.1, 0.15) is 5.82 Å². The Kier molecular flexibility index (Phi) is 3.69. The van der Waals surface area contributed by atoms with Crippen LogP contribution >= 0.6 is 0 Å². The Labute approximate surface area is 145 Å². The molecular formula is C20H17N3O2. The Hall–Kier alpha value is -3.21. The highest BCUT2D eigenvalue weighted by atomic mass is 16.2. The fourth-order valence-corrected chi connectivity index (χ4v) is 3.02. The van der Waals surface area contributed by atoms with Gasteiger partial charge in [-0.2, -0.15) is 0 Å². The van der Waals surface area contributed by atoms with Gasteiger partial charge in [0.15, 0.2) is 0 Å². The SMILES string of the molecule is Cc1ccc(-c2ncc(CCN3C(=O)c4ccccc4C3=O)[nH]2)cc1. The first kappa shape index (κ1) is 15.3. The number of benzene rings is 2. The van der Waals surface area contributed by atoms with Gasteiger partial charge in [0.25, 0.3) is 11.8 Å². The molecule has 0 bridgehead atoms. The third-order valence-electron chi connectivity index (χ3n) is 4.44. The quantitative estimate of drug-likeness (QED) is 0.747. The maximum Gasteiger partial charge on any atom is 0.261 e. The first-order chi connectivity index (χ1) is 12.1. The number of carbonyl (C=O) groups is 2. The summed E-state index contributed by atoms with van der Waals surface area (Å²) < 4.78 is 0. The van der Waals surface area contributed by atoms with E-state index in [0.29, 0.717) is 24.1 Å². The Morgan fingerprint density at radius 3 is 2.24 bits per heavy atom. The van der Waals surface area contributed by atoms with Gasteiger partial charge in [-0.1, -0.05) is 42.0 Å².